The lowest BCUT2D eigenvalue weighted by molar-refractivity contribution is 0.303. The van der Waals surface area contributed by atoms with E-state index in [0.717, 1.165) is 29.3 Å². The molecule has 2 bridgehead atoms. The number of nitrogens with zero attached hydrogens (tertiary/aromatic N) is 1. The first-order valence-electron chi connectivity index (χ1n) is 10.2. The number of methoxy groups -OCH3 is 1. The second-order valence-electron chi connectivity index (χ2n) is 7.69. The summed E-state index contributed by atoms with van der Waals surface area (Å²) < 4.78 is 5.60. The molecule has 1 aliphatic carbocycles. The Labute approximate surface area is 161 Å². The number of fused-ring (bicyclic) bond motifs is 2. The Kier molecular flexibility index (Phi) is 5.33. The number of nitrogens with one attached hydrogen (secondary N) is 2. The van der Waals surface area contributed by atoms with Crippen molar-refractivity contribution in [2.75, 3.05) is 7.11 Å². The molecule has 2 N–H and O–H groups in total. The molecule has 1 unspecified atom stereocenters. The number of rotatable bonds is 3. The van der Waals surface area contributed by atoms with E-state index in [9.17, 15) is 0 Å². The fraction of sp³-hybridized carbons (Fsp3) is 0.435. The van der Waals surface area contributed by atoms with Gasteiger partial charge in [-0.25, -0.2) is 4.99 Å². The van der Waals surface area contributed by atoms with Crippen molar-refractivity contribution in [3.63, 3.8) is 0 Å². The largest absolute Gasteiger partial charge is 0.494 e. The summed E-state index contributed by atoms with van der Waals surface area (Å²) in [5, 5.41) is 0. The normalized spacial score (nSPS) is 22.3. The van der Waals surface area contributed by atoms with Gasteiger partial charge in [0, 0.05) is 23.7 Å². The van der Waals surface area contributed by atoms with Crippen LogP contribution in [0.4, 0.5) is 0 Å². The third-order valence-corrected chi connectivity index (χ3v) is 5.69. The molecular weight excluding hydrogens is 334 g/mol. The zero-order valence-electron chi connectivity index (χ0n) is 16.3. The van der Waals surface area contributed by atoms with Gasteiger partial charge in [0.05, 0.1) is 18.5 Å². The van der Waals surface area contributed by atoms with Crippen LogP contribution in [0, 0.1) is 0 Å². The van der Waals surface area contributed by atoms with Gasteiger partial charge in [-0.1, -0.05) is 32.6 Å². The number of hydrogen-bond acceptors (Lipinski definition) is 2. The smallest absolute Gasteiger partial charge is 0.146 e. The highest BCUT2D eigenvalue weighted by Gasteiger charge is 2.20. The van der Waals surface area contributed by atoms with Crippen LogP contribution in [0.25, 0.3) is 6.08 Å². The maximum absolute atomic E-state index is 5.60. The summed E-state index contributed by atoms with van der Waals surface area (Å²) >= 11 is 0. The van der Waals surface area contributed by atoms with Crippen LogP contribution < -0.4 is 0 Å². The van der Waals surface area contributed by atoms with Crippen molar-refractivity contribution in [3.8, 4) is 0 Å². The second kappa shape index (κ2) is 8.03. The highest BCUT2D eigenvalue weighted by Crippen LogP contribution is 2.31. The molecule has 1 atom stereocenters. The molecular formula is C23H29N3O. The summed E-state index contributed by atoms with van der Waals surface area (Å²) in [6.45, 7) is 2.35. The van der Waals surface area contributed by atoms with Crippen LogP contribution in [-0.2, 0) is 11.2 Å². The van der Waals surface area contributed by atoms with Gasteiger partial charge >= 0.3 is 0 Å². The van der Waals surface area contributed by atoms with E-state index in [1.54, 1.807) is 7.11 Å². The maximum Gasteiger partial charge on any atom is 0.146 e. The molecule has 0 spiro atoms. The first kappa shape index (κ1) is 17.9. The van der Waals surface area contributed by atoms with Gasteiger partial charge in [-0.3, -0.25) is 0 Å². The van der Waals surface area contributed by atoms with Gasteiger partial charge in [-0.15, -0.1) is 0 Å². The van der Waals surface area contributed by atoms with E-state index in [4.69, 9.17) is 9.73 Å². The van der Waals surface area contributed by atoms with Crippen molar-refractivity contribution in [1.29, 1.82) is 0 Å². The Balaban J connectivity index is 1.69. The minimum atomic E-state index is 0.559. The molecule has 27 heavy (non-hydrogen) atoms. The van der Waals surface area contributed by atoms with Gasteiger partial charge in [-0.05, 0) is 55.0 Å². The average molecular weight is 364 g/mol. The lowest BCUT2D eigenvalue weighted by Crippen LogP contribution is -1.96. The van der Waals surface area contributed by atoms with Gasteiger partial charge in [0.15, 0.2) is 0 Å². The van der Waals surface area contributed by atoms with Crippen molar-refractivity contribution >= 4 is 11.8 Å². The molecule has 2 aromatic heterocycles. The van der Waals surface area contributed by atoms with E-state index in [-0.39, 0.29) is 0 Å². The molecule has 142 valence electrons. The summed E-state index contributed by atoms with van der Waals surface area (Å²) in [6, 6.07) is 6.40. The van der Waals surface area contributed by atoms with Gasteiger partial charge in [0.25, 0.3) is 0 Å². The van der Waals surface area contributed by atoms with E-state index < -0.39 is 0 Å². The molecule has 4 rings (SSSR count). The van der Waals surface area contributed by atoms with E-state index in [1.807, 2.05) is 24.4 Å². The average Bonchev–Trinajstić information content (AvgIpc) is 3.39. The Morgan fingerprint density at radius 1 is 1.19 bits per heavy atom. The van der Waals surface area contributed by atoms with Crippen LogP contribution in [0.15, 0.2) is 46.9 Å². The van der Waals surface area contributed by atoms with Gasteiger partial charge in [0.2, 0.25) is 0 Å². The SMILES string of the molecule is COC1=CC(c2ccc[nH]2)=N/C1=C/c1[nH]c2cc1C(C)CCCCCCC2. The summed E-state index contributed by atoms with van der Waals surface area (Å²) in [4.78, 5) is 11.7. The lowest BCUT2D eigenvalue weighted by Gasteiger charge is -2.12. The lowest BCUT2D eigenvalue weighted by atomic mass is 9.94. The summed E-state index contributed by atoms with van der Waals surface area (Å²) in [5.74, 6) is 1.37. The zero-order valence-corrected chi connectivity index (χ0v) is 16.3. The van der Waals surface area contributed by atoms with Crippen molar-refractivity contribution in [1.82, 2.24) is 9.97 Å². The molecule has 0 radical (unpaired) electrons. The first-order chi connectivity index (χ1) is 13.2. The van der Waals surface area contributed by atoms with Crippen molar-refractivity contribution < 1.29 is 4.74 Å². The van der Waals surface area contributed by atoms with E-state index in [2.05, 4.69) is 29.0 Å². The van der Waals surface area contributed by atoms with Gasteiger partial charge in [0.1, 0.15) is 11.5 Å². The van der Waals surface area contributed by atoms with Gasteiger partial charge in [-0.2, -0.15) is 0 Å². The highest BCUT2D eigenvalue weighted by atomic mass is 16.5. The van der Waals surface area contributed by atoms with Crippen LogP contribution in [0.2, 0.25) is 0 Å². The van der Waals surface area contributed by atoms with E-state index in [0.29, 0.717) is 5.92 Å². The monoisotopic (exact) mass is 363 g/mol. The molecule has 4 nitrogen and oxygen atoms in total. The second-order valence-corrected chi connectivity index (χ2v) is 7.69. The summed E-state index contributed by atoms with van der Waals surface area (Å²) in [7, 11) is 1.71. The van der Waals surface area contributed by atoms with Crippen LogP contribution in [-0.4, -0.2) is 22.8 Å². The molecule has 0 aromatic carbocycles. The number of ether oxygens (including phenoxy) is 1. The molecule has 0 fully saturated rings. The number of aryl methyl sites for hydroxylation is 1. The quantitative estimate of drug-likeness (QED) is 0.720. The van der Waals surface area contributed by atoms with E-state index >= 15 is 0 Å². The summed E-state index contributed by atoms with van der Waals surface area (Å²) in [5.41, 5.74) is 6.76. The number of allylic oxidation sites excluding steroid dienone is 1. The molecule has 4 heteroatoms. The number of H-pyrrole nitrogens is 2. The molecule has 2 aromatic rings. The van der Waals surface area contributed by atoms with Crippen molar-refractivity contribution in [2.45, 2.75) is 57.8 Å². The molecule has 1 aliphatic heterocycles. The predicted molar refractivity (Wildman–Crippen MR) is 111 cm³/mol. The van der Waals surface area contributed by atoms with Crippen LogP contribution in [0.5, 0.6) is 0 Å². The summed E-state index contributed by atoms with van der Waals surface area (Å²) in [6.07, 6.45) is 15.1. The highest BCUT2D eigenvalue weighted by molar-refractivity contribution is 6.11. The first-order valence-corrected chi connectivity index (χ1v) is 10.2. The molecule has 0 saturated heterocycles. The Bertz CT molecular complexity index is 868. The Morgan fingerprint density at radius 2 is 2.04 bits per heavy atom. The van der Waals surface area contributed by atoms with Crippen LogP contribution >= 0.6 is 0 Å². The third-order valence-electron chi connectivity index (χ3n) is 5.69. The number of aromatic nitrogens is 2. The molecule has 0 amide bonds. The van der Waals surface area contributed by atoms with Crippen LogP contribution in [0.3, 0.4) is 0 Å². The minimum absolute atomic E-state index is 0.559. The van der Waals surface area contributed by atoms with Gasteiger partial charge < -0.3 is 14.7 Å². The maximum atomic E-state index is 5.60. The minimum Gasteiger partial charge on any atom is -0.494 e. The fourth-order valence-corrected chi connectivity index (χ4v) is 4.11. The topological polar surface area (TPSA) is 53.2 Å². The predicted octanol–water partition coefficient (Wildman–Crippen LogP) is 5.72. The van der Waals surface area contributed by atoms with Crippen LogP contribution in [0.1, 0.15) is 74.0 Å². The molecule has 3 heterocycles. The molecule has 0 saturated carbocycles. The zero-order chi connectivity index (χ0) is 18.6. The Morgan fingerprint density at radius 3 is 2.85 bits per heavy atom. The fourth-order valence-electron chi connectivity index (χ4n) is 4.11. The third kappa shape index (κ3) is 3.95. The molecule has 2 aliphatic rings. The number of aromatic amines is 2. The van der Waals surface area contributed by atoms with E-state index in [1.165, 1.54) is 55.5 Å². The Hall–Kier alpha value is -2.49. The van der Waals surface area contributed by atoms with Crippen molar-refractivity contribution in [2.24, 2.45) is 4.99 Å². The number of hydrogen-bond donors (Lipinski definition) is 2. The van der Waals surface area contributed by atoms with Crippen molar-refractivity contribution in [3.05, 3.63) is 64.6 Å². The number of aliphatic imine (C=N–C) groups is 1. The standard InChI is InChI=1S/C23H29N3O/c1-16-9-6-4-3-5-7-10-17-13-18(16)20(25-17)14-22-23(27-2)15-21(26-22)19-11-8-12-24-19/h8,11-16,24-25H,3-7,9-10H2,1-2H3/b22-14+.